The fourth-order valence-corrected chi connectivity index (χ4v) is 4.44. The molecule has 0 amide bonds. The van der Waals surface area contributed by atoms with Crippen molar-refractivity contribution in [3.05, 3.63) is 60.2 Å². The molecule has 0 radical (unpaired) electrons. The second-order valence-corrected chi connectivity index (χ2v) is 8.72. The van der Waals surface area contributed by atoms with E-state index in [1.807, 2.05) is 31.2 Å². The van der Waals surface area contributed by atoms with Crippen LogP contribution in [-0.4, -0.2) is 32.7 Å². The van der Waals surface area contributed by atoms with Gasteiger partial charge in [0.15, 0.2) is 0 Å². The maximum atomic E-state index is 13.2. The highest BCUT2D eigenvalue weighted by molar-refractivity contribution is 7.91. The van der Waals surface area contributed by atoms with Crippen molar-refractivity contribution in [3.63, 3.8) is 0 Å². The van der Waals surface area contributed by atoms with E-state index < -0.39 is 9.84 Å². The van der Waals surface area contributed by atoms with E-state index in [4.69, 9.17) is 9.15 Å². The van der Waals surface area contributed by atoms with Gasteiger partial charge in [-0.3, -0.25) is 0 Å². The van der Waals surface area contributed by atoms with E-state index in [1.54, 1.807) is 30.3 Å². The third-order valence-corrected chi connectivity index (χ3v) is 6.40. The van der Waals surface area contributed by atoms with Crippen LogP contribution in [0.25, 0.3) is 11.5 Å². The van der Waals surface area contributed by atoms with Gasteiger partial charge < -0.3 is 14.5 Å². The van der Waals surface area contributed by atoms with Crippen LogP contribution in [0.3, 0.4) is 0 Å². The molecule has 1 aliphatic rings. The van der Waals surface area contributed by atoms with Crippen molar-refractivity contribution in [1.29, 1.82) is 0 Å². The summed E-state index contributed by atoms with van der Waals surface area (Å²) in [5, 5.41) is 2.99. The number of rotatable bonds is 6. The lowest BCUT2D eigenvalue weighted by molar-refractivity contribution is 0.120. The average molecular weight is 398 g/mol. The predicted molar refractivity (Wildman–Crippen MR) is 106 cm³/mol. The minimum Gasteiger partial charge on any atom is -0.419 e. The van der Waals surface area contributed by atoms with Gasteiger partial charge in [0.1, 0.15) is 0 Å². The number of hydrogen-bond donors (Lipinski definition) is 1. The fourth-order valence-electron chi connectivity index (χ4n) is 3.14. The summed E-state index contributed by atoms with van der Waals surface area (Å²) in [6.45, 7) is 3.19. The van der Waals surface area contributed by atoms with Gasteiger partial charge in [-0.05, 0) is 44.0 Å². The summed E-state index contributed by atoms with van der Waals surface area (Å²) in [7, 11) is -3.82. The molecule has 4 rings (SSSR count). The van der Waals surface area contributed by atoms with Crippen LogP contribution in [0.15, 0.2) is 68.9 Å². The largest absolute Gasteiger partial charge is 0.419 e. The third kappa shape index (κ3) is 3.81. The van der Waals surface area contributed by atoms with E-state index >= 15 is 0 Å². The third-order valence-electron chi connectivity index (χ3n) is 4.72. The number of oxazole rings is 1. The van der Waals surface area contributed by atoms with Gasteiger partial charge in [-0.1, -0.05) is 35.9 Å². The van der Waals surface area contributed by atoms with Crippen molar-refractivity contribution < 1.29 is 17.6 Å². The first-order chi connectivity index (χ1) is 13.5. The van der Waals surface area contributed by atoms with Gasteiger partial charge in [0.25, 0.3) is 0 Å². The lowest BCUT2D eigenvalue weighted by atomic mass is 10.1. The predicted octanol–water partition coefficient (Wildman–Crippen LogP) is 4.07. The molecule has 0 bridgehead atoms. The standard InChI is InChI=1S/C21H22N2O4S/c1-15-9-11-16(12-10-15)19-23-21(28(24,25)18-7-3-2-4-8-18)20(27-19)22-14-17-6-5-13-26-17/h2-4,7-12,17,22H,5-6,13-14H2,1H3/t17-/m1/s1. The molecule has 0 unspecified atom stereocenters. The Bertz CT molecular complexity index is 1040. The molecule has 1 fully saturated rings. The monoisotopic (exact) mass is 398 g/mol. The van der Waals surface area contributed by atoms with E-state index in [-0.39, 0.29) is 27.8 Å². The maximum Gasteiger partial charge on any atom is 0.233 e. The van der Waals surface area contributed by atoms with E-state index in [1.165, 1.54) is 0 Å². The van der Waals surface area contributed by atoms with E-state index in [2.05, 4.69) is 10.3 Å². The molecule has 146 valence electrons. The highest BCUT2D eigenvalue weighted by Crippen LogP contribution is 2.32. The van der Waals surface area contributed by atoms with Crippen molar-refractivity contribution in [3.8, 4) is 11.5 Å². The fraction of sp³-hybridized carbons (Fsp3) is 0.286. The van der Waals surface area contributed by atoms with Crippen molar-refractivity contribution in [2.45, 2.75) is 35.8 Å². The molecule has 1 saturated heterocycles. The number of anilines is 1. The van der Waals surface area contributed by atoms with Crippen LogP contribution in [0.1, 0.15) is 18.4 Å². The zero-order chi connectivity index (χ0) is 19.6. The number of benzene rings is 2. The van der Waals surface area contributed by atoms with Crippen molar-refractivity contribution in [2.75, 3.05) is 18.5 Å². The molecule has 1 atom stereocenters. The Labute approximate surface area is 164 Å². The number of ether oxygens (including phenoxy) is 1. The SMILES string of the molecule is Cc1ccc(-c2nc(S(=O)(=O)c3ccccc3)c(NC[C@H]3CCCO3)o2)cc1. The zero-order valence-electron chi connectivity index (χ0n) is 15.6. The summed E-state index contributed by atoms with van der Waals surface area (Å²) in [6.07, 6.45) is 1.99. The van der Waals surface area contributed by atoms with Gasteiger partial charge in [-0.2, -0.15) is 4.98 Å². The molecule has 7 heteroatoms. The van der Waals surface area contributed by atoms with Crippen molar-refractivity contribution in [2.24, 2.45) is 0 Å². The second kappa shape index (κ2) is 7.77. The van der Waals surface area contributed by atoms with Crippen LogP contribution in [0, 0.1) is 6.92 Å². The van der Waals surface area contributed by atoms with E-state index in [0.29, 0.717) is 6.54 Å². The number of aryl methyl sites for hydroxylation is 1. The Morgan fingerprint density at radius 2 is 1.86 bits per heavy atom. The summed E-state index contributed by atoms with van der Waals surface area (Å²) in [4.78, 5) is 4.53. The molecular formula is C21H22N2O4S. The molecule has 2 aromatic carbocycles. The Kier molecular flexibility index (Phi) is 5.19. The molecule has 0 saturated carbocycles. The minimum absolute atomic E-state index is 0.0419. The van der Waals surface area contributed by atoms with Gasteiger partial charge in [-0.25, -0.2) is 8.42 Å². The summed E-state index contributed by atoms with van der Waals surface area (Å²) in [5.74, 6) is 0.416. The van der Waals surface area contributed by atoms with Crippen LogP contribution in [0.2, 0.25) is 0 Å². The van der Waals surface area contributed by atoms with E-state index in [9.17, 15) is 8.42 Å². The number of nitrogens with zero attached hydrogens (tertiary/aromatic N) is 1. The first-order valence-corrected chi connectivity index (χ1v) is 10.8. The minimum atomic E-state index is -3.82. The van der Waals surface area contributed by atoms with Crippen LogP contribution in [0.5, 0.6) is 0 Å². The number of hydrogen-bond acceptors (Lipinski definition) is 6. The molecule has 1 aromatic heterocycles. The zero-order valence-corrected chi connectivity index (χ0v) is 16.4. The quantitative estimate of drug-likeness (QED) is 0.674. The Morgan fingerprint density at radius 3 is 2.54 bits per heavy atom. The van der Waals surface area contributed by atoms with Gasteiger partial charge >= 0.3 is 0 Å². The van der Waals surface area contributed by atoms with Crippen LogP contribution >= 0.6 is 0 Å². The van der Waals surface area contributed by atoms with Crippen LogP contribution in [0.4, 0.5) is 5.88 Å². The summed E-state index contributed by atoms with van der Waals surface area (Å²) >= 11 is 0. The molecule has 6 nitrogen and oxygen atoms in total. The molecule has 3 aromatic rings. The smallest absolute Gasteiger partial charge is 0.233 e. The molecular weight excluding hydrogens is 376 g/mol. The van der Waals surface area contributed by atoms with Gasteiger partial charge in [-0.15, -0.1) is 0 Å². The second-order valence-electron chi connectivity index (χ2n) is 6.85. The van der Waals surface area contributed by atoms with Crippen molar-refractivity contribution >= 4 is 15.7 Å². The van der Waals surface area contributed by atoms with Gasteiger partial charge in [0.2, 0.25) is 26.6 Å². The molecule has 0 aliphatic carbocycles. The molecule has 1 N–H and O–H groups in total. The van der Waals surface area contributed by atoms with E-state index in [0.717, 1.165) is 30.6 Å². The Hall–Kier alpha value is -2.64. The highest BCUT2D eigenvalue weighted by Gasteiger charge is 2.29. The van der Waals surface area contributed by atoms with Crippen LogP contribution < -0.4 is 5.32 Å². The summed E-state index contributed by atoms with van der Waals surface area (Å²) in [5.41, 5.74) is 1.82. The van der Waals surface area contributed by atoms with Crippen molar-refractivity contribution in [1.82, 2.24) is 4.98 Å². The number of aromatic nitrogens is 1. The Balaban J connectivity index is 1.72. The number of nitrogens with one attached hydrogen (secondary N) is 1. The normalized spacial score (nSPS) is 17.0. The molecule has 28 heavy (non-hydrogen) atoms. The average Bonchev–Trinajstić information content (AvgIpc) is 3.38. The summed E-state index contributed by atoms with van der Waals surface area (Å²) in [6, 6.07) is 15.9. The topological polar surface area (TPSA) is 81.4 Å². The molecule has 1 aliphatic heterocycles. The lowest BCUT2D eigenvalue weighted by Crippen LogP contribution is -2.19. The van der Waals surface area contributed by atoms with Gasteiger partial charge in [0, 0.05) is 18.7 Å². The van der Waals surface area contributed by atoms with Gasteiger partial charge in [0.05, 0.1) is 11.0 Å². The molecule has 0 spiro atoms. The Morgan fingerprint density at radius 1 is 1.11 bits per heavy atom. The highest BCUT2D eigenvalue weighted by atomic mass is 32.2. The maximum absolute atomic E-state index is 13.2. The van der Waals surface area contributed by atoms with Crippen LogP contribution in [-0.2, 0) is 14.6 Å². The number of sulfone groups is 1. The molecule has 2 heterocycles. The first kappa shape index (κ1) is 18.7. The first-order valence-electron chi connectivity index (χ1n) is 9.27. The lowest BCUT2D eigenvalue weighted by Gasteiger charge is -2.10. The summed E-state index contributed by atoms with van der Waals surface area (Å²) < 4.78 is 37.8.